The quantitative estimate of drug-likeness (QED) is 0.629. The Morgan fingerprint density at radius 3 is 2.58 bits per heavy atom. The van der Waals surface area contributed by atoms with Crippen molar-refractivity contribution in [2.45, 2.75) is 19.0 Å². The van der Waals surface area contributed by atoms with Gasteiger partial charge >= 0.3 is 12.1 Å². The van der Waals surface area contributed by atoms with Crippen LogP contribution in [0, 0.1) is 11.8 Å². The zero-order chi connectivity index (χ0) is 18.8. The normalized spacial score (nSPS) is 10.6. The molecule has 0 aliphatic heterocycles. The lowest BCUT2D eigenvalue weighted by Gasteiger charge is -2.09. The summed E-state index contributed by atoms with van der Waals surface area (Å²) in [6.45, 7) is -0.294. The van der Waals surface area contributed by atoms with Gasteiger partial charge in [0.2, 0.25) is 0 Å². The van der Waals surface area contributed by atoms with E-state index in [2.05, 4.69) is 11.8 Å². The third kappa shape index (κ3) is 6.89. The summed E-state index contributed by atoms with van der Waals surface area (Å²) in [6.07, 6.45) is -3.29. The molecule has 0 aliphatic rings. The second-order valence-corrected chi connectivity index (χ2v) is 5.42. The van der Waals surface area contributed by atoms with Gasteiger partial charge in [0.25, 0.3) is 0 Å². The fourth-order valence-electron chi connectivity index (χ4n) is 2.11. The maximum Gasteiger partial charge on any atom is 0.471 e. The smallest absolute Gasteiger partial charge is 0.471 e. The molecule has 0 bridgehead atoms. The molecule has 2 aromatic carbocycles. The number of carbonyl (C=O) groups is 1. The molecular formula is C20H18F3NO2. The first-order valence-corrected chi connectivity index (χ1v) is 8.06. The fraction of sp³-hybridized carbons (Fsp3) is 0.250. The molecule has 6 heteroatoms. The second kappa shape index (κ2) is 9.52. The molecule has 3 nitrogen and oxygen atoms in total. The minimum absolute atomic E-state index is 0.0628. The monoisotopic (exact) mass is 361 g/mol. The van der Waals surface area contributed by atoms with Gasteiger partial charge in [-0.05, 0) is 30.2 Å². The van der Waals surface area contributed by atoms with Gasteiger partial charge in [0, 0.05) is 12.0 Å². The van der Waals surface area contributed by atoms with Crippen LogP contribution < -0.4 is 10.1 Å². The van der Waals surface area contributed by atoms with E-state index in [9.17, 15) is 18.0 Å². The maximum atomic E-state index is 12.0. The molecular weight excluding hydrogens is 343 g/mol. The summed E-state index contributed by atoms with van der Waals surface area (Å²) in [4.78, 5) is 10.7. The second-order valence-electron chi connectivity index (χ2n) is 5.42. The summed E-state index contributed by atoms with van der Waals surface area (Å²) < 4.78 is 41.5. The van der Waals surface area contributed by atoms with Gasteiger partial charge in [0.15, 0.2) is 0 Å². The number of aryl methyl sites for hydroxylation is 1. The van der Waals surface area contributed by atoms with Crippen molar-refractivity contribution in [3.8, 4) is 17.6 Å². The molecule has 0 unspecified atom stereocenters. The van der Waals surface area contributed by atoms with Crippen molar-refractivity contribution in [2.24, 2.45) is 0 Å². The van der Waals surface area contributed by atoms with Crippen molar-refractivity contribution < 1.29 is 22.7 Å². The lowest BCUT2D eigenvalue weighted by molar-refractivity contribution is -0.173. The molecule has 0 fully saturated rings. The standard InChI is InChI=1S/C20H18F3NO2/c21-20(22,23)19(25)24-13-14-26-18-12-6-11-17(15-18)10-5-4-9-16-7-2-1-3-8-16/h1-3,6-8,11-12,15H,4,9,13-14H2,(H,24,25). The number of amides is 1. The van der Waals surface area contributed by atoms with Crippen LogP contribution in [0.4, 0.5) is 13.2 Å². The predicted molar refractivity (Wildman–Crippen MR) is 92.6 cm³/mol. The minimum Gasteiger partial charge on any atom is -0.492 e. The number of halogens is 3. The number of ether oxygens (including phenoxy) is 1. The Morgan fingerprint density at radius 1 is 1.08 bits per heavy atom. The van der Waals surface area contributed by atoms with Crippen LogP contribution in [0.25, 0.3) is 0 Å². The van der Waals surface area contributed by atoms with Gasteiger partial charge in [-0.15, -0.1) is 0 Å². The van der Waals surface area contributed by atoms with Gasteiger partial charge < -0.3 is 10.1 Å². The molecule has 2 rings (SSSR count). The number of alkyl halides is 3. The van der Waals surface area contributed by atoms with Crippen molar-refractivity contribution in [2.75, 3.05) is 13.2 Å². The molecule has 0 atom stereocenters. The van der Waals surface area contributed by atoms with Gasteiger partial charge in [-0.2, -0.15) is 13.2 Å². The van der Waals surface area contributed by atoms with Gasteiger partial charge in [-0.3, -0.25) is 4.79 Å². The van der Waals surface area contributed by atoms with E-state index >= 15 is 0 Å². The highest BCUT2D eigenvalue weighted by molar-refractivity contribution is 5.81. The molecule has 2 aromatic rings. The van der Waals surface area contributed by atoms with E-state index in [1.165, 1.54) is 5.56 Å². The Kier molecular flexibility index (Phi) is 7.10. The molecule has 0 radical (unpaired) electrons. The SMILES string of the molecule is O=C(NCCOc1cccc(C#CCCc2ccccc2)c1)C(F)(F)F. The Labute approximate surface area is 150 Å². The Bertz CT molecular complexity index is 777. The summed E-state index contributed by atoms with van der Waals surface area (Å²) in [6, 6.07) is 17.0. The number of hydrogen-bond donors (Lipinski definition) is 1. The van der Waals surface area contributed by atoms with Crippen LogP contribution in [-0.2, 0) is 11.2 Å². The molecule has 1 N–H and O–H groups in total. The van der Waals surface area contributed by atoms with Crippen molar-refractivity contribution in [3.63, 3.8) is 0 Å². The number of hydrogen-bond acceptors (Lipinski definition) is 2. The number of rotatable bonds is 6. The highest BCUT2D eigenvalue weighted by Gasteiger charge is 2.38. The largest absolute Gasteiger partial charge is 0.492 e. The average molecular weight is 361 g/mol. The maximum absolute atomic E-state index is 12.0. The van der Waals surface area contributed by atoms with Gasteiger partial charge in [-0.25, -0.2) is 0 Å². The molecule has 136 valence electrons. The number of nitrogens with one attached hydrogen (secondary N) is 1. The highest BCUT2D eigenvalue weighted by Crippen LogP contribution is 2.14. The molecule has 0 aromatic heterocycles. The molecule has 1 amide bonds. The summed E-state index contributed by atoms with van der Waals surface area (Å²) in [5.74, 6) is 4.64. The van der Waals surface area contributed by atoms with Crippen LogP contribution in [0.1, 0.15) is 17.5 Å². The van der Waals surface area contributed by atoms with Crippen LogP contribution in [0.5, 0.6) is 5.75 Å². The first kappa shape index (κ1) is 19.4. The van der Waals surface area contributed by atoms with Crippen LogP contribution in [0.15, 0.2) is 54.6 Å². The molecule has 26 heavy (non-hydrogen) atoms. The Hall–Kier alpha value is -2.94. The molecule has 0 saturated carbocycles. The topological polar surface area (TPSA) is 38.3 Å². The molecule has 0 saturated heterocycles. The molecule has 0 heterocycles. The average Bonchev–Trinajstić information content (AvgIpc) is 2.63. The van der Waals surface area contributed by atoms with Crippen LogP contribution >= 0.6 is 0 Å². The van der Waals surface area contributed by atoms with E-state index < -0.39 is 12.1 Å². The van der Waals surface area contributed by atoms with E-state index in [-0.39, 0.29) is 13.2 Å². The Balaban J connectivity index is 1.77. The summed E-state index contributed by atoms with van der Waals surface area (Å²) in [5, 5.41) is 1.75. The summed E-state index contributed by atoms with van der Waals surface area (Å²) in [5.41, 5.74) is 1.98. The molecule has 0 spiro atoms. The molecule has 0 aliphatic carbocycles. The van der Waals surface area contributed by atoms with Crippen LogP contribution in [0.3, 0.4) is 0 Å². The van der Waals surface area contributed by atoms with Crippen LogP contribution in [0.2, 0.25) is 0 Å². The third-order valence-electron chi connectivity index (χ3n) is 3.36. The summed E-state index contributed by atoms with van der Waals surface area (Å²) >= 11 is 0. The first-order valence-electron chi connectivity index (χ1n) is 8.06. The van der Waals surface area contributed by atoms with Gasteiger partial charge in [0.05, 0.1) is 6.54 Å². The van der Waals surface area contributed by atoms with Crippen molar-refractivity contribution >= 4 is 5.91 Å². The van der Waals surface area contributed by atoms with E-state index in [1.54, 1.807) is 23.5 Å². The first-order chi connectivity index (χ1) is 12.4. The lowest BCUT2D eigenvalue weighted by Crippen LogP contribution is -2.38. The van der Waals surface area contributed by atoms with E-state index in [0.717, 1.165) is 18.4 Å². The predicted octanol–water partition coefficient (Wildman–Crippen LogP) is 3.73. The lowest BCUT2D eigenvalue weighted by atomic mass is 10.1. The minimum atomic E-state index is -4.88. The van der Waals surface area contributed by atoms with Crippen LogP contribution in [-0.4, -0.2) is 25.2 Å². The summed E-state index contributed by atoms with van der Waals surface area (Å²) in [7, 11) is 0. The highest BCUT2D eigenvalue weighted by atomic mass is 19.4. The zero-order valence-corrected chi connectivity index (χ0v) is 14.0. The fourth-order valence-corrected chi connectivity index (χ4v) is 2.11. The Morgan fingerprint density at radius 2 is 1.85 bits per heavy atom. The van der Waals surface area contributed by atoms with Crippen molar-refractivity contribution in [1.29, 1.82) is 0 Å². The van der Waals surface area contributed by atoms with Crippen molar-refractivity contribution in [3.05, 3.63) is 65.7 Å². The third-order valence-corrected chi connectivity index (χ3v) is 3.36. The zero-order valence-electron chi connectivity index (χ0n) is 14.0. The van der Waals surface area contributed by atoms with E-state index in [1.807, 2.05) is 36.4 Å². The van der Waals surface area contributed by atoms with E-state index in [4.69, 9.17) is 4.74 Å². The number of carbonyl (C=O) groups excluding carboxylic acids is 1. The van der Waals surface area contributed by atoms with Crippen molar-refractivity contribution in [1.82, 2.24) is 5.32 Å². The van der Waals surface area contributed by atoms with E-state index in [0.29, 0.717) is 5.75 Å². The number of benzene rings is 2. The van der Waals surface area contributed by atoms with Gasteiger partial charge in [-0.1, -0.05) is 48.2 Å². The van der Waals surface area contributed by atoms with Gasteiger partial charge in [0.1, 0.15) is 12.4 Å².